The minimum Gasteiger partial charge on any atom is -0.341 e. The normalized spacial score (nSPS) is 14.9. The van der Waals surface area contributed by atoms with E-state index in [1.54, 1.807) is 7.05 Å². The number of nitrogens with zero attached hydrogens (tertiary/aromatic N) is 4. The summed E-state index contributed by atoms with van der Waals surface area (Å²) in [6.45, 7) is 5.13. The van der Waals surface area contributed by atoms with Crippen LogP contribution >= 0.6 is 0 Å². The van der Waals surface area contributed by atoms with E-state index in [4.69, 9.17) is 0 Å². The van der Waals surface area contributed by atoms with Crippen molar-refractivity contribution in [2.24, 2.45) is 15.2 Å². The smallest absolute Gasteiger partial charge is 0.324 e. The predicted octanol–water partition coefficient (Wildman–Crippen LogP) is 2.40. The average molecular weight is 259 g/mol. The van der Waals surface area contributed by atoms with Gasteiger partial charge in [-0.2, -0.15) is 0 Å². The van der Waals surface area contributed by atoms with Gasteiger partial charge in [0, 0.05) is 7.05 Å². The Bertz CT molecular complexity index is 550. The molecule has 1 heterocycles. The van der Waals surface area contributed by atoms with Crippen LogP contribution in [0.15, 0.2) is 33.4 Å². The topological polar surface area (TPSA) is 69.4 Å². The van der Waals surface area contributed by atoms with Crippen molar-refractivity contribution < 1.29 is 4.79 Å². The van der Waals surface area contributed by atoms with Gasteiger partial charge in [-0.3, -0.25) is 4.90 Å². The number of urea groups is 1. The Balaban J connectivity index is 2.18. The molecule has 2 rings (SSSR count). The first-order valence-electron chi connectivity index (χ1n) is 6.15. The zero-order valence-corrected chi connectivity index (χ0v) is 11.3. The molecule has 0 unspecified atom stereocenters. The molecule has 1 aliphatic heterocycles. The second kappa shape index (κ2) is 5.60. The third-order valence-electron chi connectivity index (χ3n) is 3.10. The number of aryl methyl sites for hydroxylation is 1. The molecular weight excluding hydrogens is 242 g/mol. The minimum absolute atomic E-state index is 0.212. The Morgan fingerprint density at radius 3 is 2.89 bits per heavy atom. The lowest BCUT2D eigenvalue weighted by molar-refractivity contribution is 0.225. The molecule has 100 valence electrons. The number of aliphatic imine (C=N–C) groups is 1. The standard InChI is InChI=1S/C13H17N5O/c1-9-5-4-6-11(10(9)2)16-17-12-15-7-8-18(12)13(19)14-3/h4-6H,7-8H2,1-3H3,(H,14,19). The highest BCUT2D eigenvalue weighted by atomic mass is 16.2. The van der Waals surface area contributed by atoms with Gasteiger partial charge in [0.05, 0.1) is 18.8 Å². The van der Waals surface area contributed by atoms with Crippen molar-refractivity contribution in [2.45, 2.75) is 13.8 Å². The van der Waals surface area contributed by atoms with E-state index in [0.29, 0.717) is 19.0 Å². The highest BCUT2D eigenvalue weighted by molar-refractivity contribution is 5.97. The van der Waals surface area contributed by atoms with Crippen LogP contribution in [0.2, 0.25) is 0 Å². The van der Waals surface area contributed by atoms with Crippen LogP contribution in [0.5, 0.6) is 0 Å². The Morgan fingerprint density at radius 1 is 1.37 bits per heavy atom. The van der Waals surface area contributed by atoms with Crippen LogP contribution in [-0.4, -0.2) is 37.0 Å². The molecule has 1 aliphatic rings. The minimum atomic E-state index is -0.212. The lowest BCUT2D eigenvalue weighted by Crippen LogP contribution is -2.39. The van der Waals surface area contributed by atoms with Gasteiger partial charge in [0.1, 0.15) is 0 Å². The van der Waals surface area contributed by atoms with Crippen molar-refractivity contribution in [3.63, 3.8) is 0 Å². The third kappa shape index (κ3) is 2.78. The number of guanidine groups is 1. The summed E-state index contributed by atoms with van der Waals surface area (Å²) in [5.41, 5.74) is 3.04. The molecule has 0 saturated carbocycles. The second-order valence-corrected chi connectivity index (χ2v) is 4.31. The fourth-order valence-corrected chi connectivity index (χ4v) is 1.79. The maximum absolute atomic E-state index is 11.6. The molecule has 6 heteroatoms. The molecule has 19 heavy (non-hydrogen) atoms. The van der Waals surface area contributed by atoms with Gasteiger partial charge in [-0.05, 0) is 31.0 Å². The molecule has 0 spiro atoms. The molecule has 0 radical (unpaired) electrons. The van der Waals surface area contributed by atoms with Crippen molar-refractivity contribution in [2.75, 3.05) is 20.1 Å². The van der Waals surface area contributed by atoms with Gasteiger partial charge in [-0.25, -0.2) is 9.79 Å². The summed E-state index contributed by atoms with van der Waals surface area (Å²) in [6, 6.07) is 5.64. The van der Waals surface area contributed by atoms with E-state index in [2.05, 4.69) is 20.5 Å². The molecule has 6 nitrogen and oxygen atoms in total. The number of nitrogens with one attached hydrogen (secondary N) is 1. The first kappa shape index (κ1) is 13.2. The number of hydrogen-bond donors (Lipinski definition) is 1. The lowest BCUT2D eigenvalue weighted by atomic mass is 10.1. The van der Waals surface area contributed by atoms with E-state index < -0.39 is 0 Å². The third-order valence-corrected chi connectivity index (χ3v) is 3.10. The fourth-order valence-electron chi connectivity index (χ4n) is 1.79. The number of hydrogen-bond acceptors (Lipinski definition) is 4. The Morgan fingerprint density at radius 2 is 2.16 bits per heavy atom. The monoisotopic (exact) mass is 259 g/mol. The summed E-state index contributed by atoms with van der Waals surface area (Å²) in [7, 11) is 1.58. The maximum Gasteiger partial charge on any atom is 0.324 e. The largest absolute Gasteiger partial charge is 0.341 e. The first-order valence-corrected chi connectivity index (χ1v) is 6.15. The second-order valence-electron chi connectivity index (χ2n) is 4.31. The van der Waals surface area contributed by atoms with Crippen molar-refractivity contribution in [3.8, 4) is 0 Å². The molecule has 0 atom stereocenters. The van der Waals surface area contributed by atoms with Crippen molar-refractivity contribution in [3.05, 3.63) is 29.3 Å². The Kier molecular flexibility index (Phi) is 3.89. The van der Waals surface area contributed by atoms with E-state index in [-0.39, 0.29) is 6.03 Å². The van der Waals surface area contributed by atoms with E-state index >= 15 is 0 Å². The zero-order valence-electron chi connectivity index (χ0n) is 11.3. The number of carbonyl (C=O) groups excluding carboxylic acids is 1. The van der Waals surface area contributed by atoms with Gasteiger partial charge in [0.2, 0.25) is 5.96 Å². The zero-order chi connectivity index (χ0) is 13.8. The summed E-state index contributed by atoms with van der Waals surface area (Å²) < 4.78 is 0. The van der Waals surface area contributed by atoms with E-state index in [0.717, 1.165) is 16.8 Å². The molecule has 2 amide bonds. The van der Waals surface area contributed by atoms with Gasteiger partial charge >= 0.3 is 6.03 Å². The van der Waals surface area contributed by atoms with Crippen LogP contribution in [0.3, 0.4) is 0 Å². The maximum atomic E-state index is 11.6. The number of carbonyl (C=O) groups is 1. The average Bonchev–Trinajstić information content (AvgIpc) is 2.88. The van der Waals surface area contributed by atoms with Gasteiger partial charge < -0.3 is 5.32 Å². The Labute approximate surface area is 112 Å². The van der Waals surface area contributed by atoms with Gasteiger partial charge in [-0.15, -0.1) is 10.2 Å². The number of rotatable bonds is 1. The number of amides is 2. The van der Waals surface area contributed by atoms with Crippen LogP contribution in [0.25, 0.3) is 0 Å². The molecule has 0 bridgehead atoms. The molecule has 0 aliphatic carbocycles. The van der Waals surface area contributed by atoms with Gasteiger partial charge in [-0.1, -0.05) is 12.1 Å². The van der Waals surface area contributed by atoms with Crippen LogP contribution in [0, 0.1) is 13.8 Å². The summed E-state index contributed by atoms with van der Waals surface area (Å²) in [5, 5.41) is 10.8. The summed E-state index contributed by atoms with van der Waals surface area (Å²) in [5.74, 6) is 0.361. The molecule has 0 saturated heterocycles. The Hall–Kier alpha value is -2.24. The van der Waals surface area contributed by atoms with Crippen molar-refractivity contribution >= 4 is 17.7 Å². The van der Waals surface area contributed by atoms with Gasteiger partial charge in [0.15, 0.2) is 0 Å². The van der Waals surface area contributed by atoms with Crippen LogP contribution in [-0.2, 0) is 0 Å². The molecule has 0 aromatic heterocycles. The predicted molar refractivity (Wildman–Crippen MR) is 73.9 cm³/mol. The molecular formula is C13H17N5O. The summed E-state index contributed by atoms with van der Waals surface area (Å²) in [6.07, 6.45) is 0. The quantitative estimate of drug-likeness (QED) is 0.773. The molecule has 0 fully saturated rings. The highest BCUT2D eigenvalue weighted by Crippen LogP contribution is 2.21. The fraction of sp³-hybridized carbons (Fsp3) is 0.385. The van der Waals surface area contributed by atoms with Gasteiger partial charge in [0.25, 0.3) is 0 Å². The molecule has 1 N–H and O–H groups in total. The molecule has 1 aromatic rings. The summed E-state index contributed by atoms with van der Waals surface area (Å²) >= 11 is 0. The summed E-state index contributed by atoms with van der Waals surface area (Å²) in [4.78, 5) is 17.2. The molecule has 1 aromatic carbocycles. The first-order chi connectivity index (χ1) is 9.13. The number of benzene rings is 1. The van der Waals surface area contributed by atoms with Crippen LogP contribution in [0.1, 0.15) is 11.1 Å². The number of azo groups is 1. The van der Waals surface area contributed by atoms with E-state index in [1.807, 2.05) is 32.0 Å². The highest BCUT2D eigenvalue weighted by Gasteiger charge is 2.22. The van der Waals surface area contributed by atoms with E-state index in [1.165, 1.54) is 4.90 Å². The lowest BCUT2D eigenvalue weighted by Gasteiger charge is -2.13. The van der Waals surface area contributed by atoms with Crippen LogP contribution < -0.4 is 5.32 Å². The van der Waals surface area contributed by atoms with E-state index in [9.17, 15) is 4.79 Å². The SMILES string of the molecule is CNC(=O)N1CCN=C1N=Nc1cccc(C)c1C. The van der Waals surface area contributed by atoms with Crippen molar-refractivity contribution in [1.29, 1.82) is 0 Å². The van der Waals surface area contributed by atoms with Crippen molar-refractivity contribution in [1.82, 2.24) is 10.2 Å². The van der Waals surface area contributed by atoms with Crippen LogP contribution in [0.4, 0.5) is 10.5 Å².